The van der Waals surface area contributed by atoms with Gasteiger partial charge >= 0.3 is 5.97 Å². The topological polar surface area (TPSA) is 26.3 Å². The highest BCUT2D eigenvalue weighted by Gasteiger charge is 2.16. The maximum Gasteiger partial charge on any atom is 0.331 e. The van der Waals surface area contributed by atoms with E-state index in [4.69, 9.17) is 16.3 Å². The summed E-state index contributed by atoms with van der Waals surface area (Å²) >= 11 is 6.10. The van der Waals surface area contributed by atoms with Gasteiger partial charge in [-0.3, -0.25) is 0 Å². The zero-order valence-electron chi connectivity index (χ0n) is 12.2. The van der Waals surface area contributed by atoms with Gasteiger partial charge in [0, 0.05) is 11.1 Å². The van der Waals surface area contributed by atoms with Crippen molar-refractivity contribution in [1.82, 2.24) is 0 Å². The number of hydrogen-bond acceptors (Lipinski definition) is 2. The third kappa shape index (κ3) is 2.83. The van der Waals surface area contributed by atoms with E-state index in [1.807, 2.05) is 54.6 Å². The number of carbonyl (C=O) groups is 1. The van der Waals surface area contributed by atoms with Crippen LogP contribution in [0.2, 0.25) is 5.02 Å². The molecule has 22 heavy (non-hydrogen) atoms. The van der Waals surface area contributed by atoms with Gasteiger partial charge in [-0.25, -0.2) is 4.79 Å². The molecule has 0 radical (unpaired) electrons. The molecule has 0 amide bonds. The van der Waals surface area contributed by atoms with Gasteiger partial charge in [0.1, 0.15) is 0 Å². The summed E-state index contributed by atoms with van der Waals surface area (Å²) in [4.78, 5) is 12.0. The molecule has 1 aliphatic carbocycles. The molecule has 0 unspecified atom stereocenters. The Hall–Kier alpha value is -2.32. The Morgan fingerprint density at radius 2 is 1.82 bits per heavy atom. The molecular weight excluding hydrogens is 296 g/mol. The van der Waals surface area contributed by atoms with Crippen molar-refractivity contribution in [1.29, 1.82) is 0 Å². The lowest BCUT2D eigenvalue weighted by molar-refractivity contribution is -0.137. The van der Waals surface area contributed by atoms with Crippen molar-refractivity contribution in [3.8, 4) is 0 Å². The van der Waals surface area contributed by atoms with Crippen molar-refractivity contribution in [2.75, 3.05) is 6.61 Å². The van der Waals surface area contributed by atoms with Crippen LogP contribution in [0.1, 0.15) is 29.2 Å². The van der Waals surface area contributed by atoms with Crippen LogP contribution in [0.15, 0.2) is 48.5 Å². The number of rotatable bonds is 2. The van der Waals surface area contributed by atoms with Gasteiger partial charge in [-0.05, 0) is 46.9 Å². The minimum atomic E-state index is -0.338. The number of ether oxygens (including phenoxy) is 1. The average molecular weight is 311 g/mol. The fraction of sp³-hybridized carbons (Fsp3) is 0.105. The Morgan fingerprint density at radius 3 is 2.64 bits per heavy atom. The lowest BCUT2D eigenvalue weighted by Crippen LogP contribution is -2.02. The zero-order valence-corrected chi connectivity index (χ0v) is 12.9. The van der Waals surface area contributed by atoms with Crippen molar-refractivity contribution in [3.05, 3.63) is 75.8 Å². The lowest BCUT2D eigenvalue weighted by atomic mass is 9.93. The van der Waals surface area contributed by atoms with E-state index >= 15 is 0 Å². The quantitative estimate of drug-likeness (QED) is 0.501. The highest BCUT2D eigenvalue weighted by molar-refractivity contribution is 6.30. The zero-order chi connectivity index (χ0) is 15.5. The molecule has 3 heteroatoms. The summed E-state index contributed by atoms with van der Waals surface area (Å²) in [6, 6.07) is 13.7. The van der Waals surface area contributed by atoms with E-state index < -0.39 is 0 Å². The fourth-order valence-corrected chi connectivity index (χ4v) is 2.77. The molecule has 0 bridgehead atoms. The molecule has 110 valence electrons. The normalized spacial score (nSPS) is 14.2. The second-order valence-corrected chi connectivity index (χ2v) is 5.40. The van der Waals surface area contributed by atoms with E-state index in [0.29, 0.717) is 11.6 Å². The first kappa shape index (κ1) is 14.6. The summed E-state index contributed by atoms with van der Waals surface area (Å²) in [7, 11) is 0. The molecule has 0 aromatic heterocycles. The minimum absolute atomic E-state index is 0.338. The van der Waals surface area contributed by atoms with Gasteiger partial charge in [-0.15, -0.1) is 0 Å². The van der Waals surface area contributed by atoms with Crippen LogP contribution in [0, 0.1) is 0 Å². The van der Waals surface area contributed by atoms with Crippen LogP contribution in [0.3, 0.4) is 0 Å². The van der Waals surface area contributed by atoms with Crippen molar-refractivity contribution < 1.29 is 9.53 Å². The van der Waals surface area contributed by atoms with Crippen LogP contribution in [0.25, 0.3) is 17.7 Å². The number of benzene rings is 2. The van der Waals surface area contributed by atoms with Crippen molar-refractivity contribution in [3.63, 3.8) is 0 Å². The molecular formula is C19H15ClO2. The van der Waals surface area contributed by atoms with E-state index in [9.17, 15) is 4.79 Å². The Labute approximate surface area is 134 Å². The summed E-state index contributed by atoms with van der Waals surface area (Å²) in [5.41, 5.74) is 4.88. The second-order valence-electron chi connectivity index (χ2n) is 4.96. The average Bonchev–Trinajstić information content (AvgIpc) is 2.65. The molecule has 0 spiro atoms. The third-order valence-corrected chi connectivity index (χ3v) is 3.78. The summed E-state index contributed by atoms with van der Waals surface area (Å²) in [5, 5.41) is 0.671. The largest absolute Gasteiger partial charge is 0.463 e. The van der Waals surface area contributed by atoms with Crippen LogP contribution >= 0.6 is 11.6 Å². The number of carbonyl (C=O) groups excluding carboxylic acids is 1. The second kappa shape index (κ2) is 6.20. The SMILES string of the molecule is CCOC(=O)C=C1c2ccccc2C=Cc2cc(Cl)ccc21. The molecule has 2 aromatic rings. The van der Waals surface area contributed by atoms with Gasteiger partial charge in [-0.1, -0.05) is 54.1 Å². The maximum absolute atomic E-state index is 12.0. The van der Waals surface area contributed by atoms with E-state index in [1.54, 1.807) is 13.0 Å². The predicted molar refractivity (Wildman–Crippen MR) is 90.5 cm³/mol. The van der Waals surface area contributed by atoms with Gasteiger partial charge < -0.3 is 4.74 Å². The number of halogens is 1. The van der Waals surface area contributed by atoms with Gasteiger partial charge in [0.15, 0.2) is 0 Å². The molecule has 3 rings (SSSR count). The van der Waals surface area contributed by atoms with Crippen molar-refractivity contribution >= 4 is 35.3 Å². The summed E-state index contributed by atoms with van der Waals surface area (Å²) < 4.78 is 5.08. The molecule has 2 aromatic carbocycles. The van der Waals surface area contributed by atoms with Gasteiger partial charge in [0.2, 0.25) is 0 Å². The van der Waals surface area contributed by atoms with Gasteiger partial charge in [0.05, 0.1) is 6.61 Å². The highest BCUT2D eigenvalue weighted by atomic mass is 35.5. The van der Waals surface area contributed by atoms with E-state index in [2.05, 4.69) is 0 Å². The lowest BCUT2D eigenvalue weighted by Gasteiger charge is -2.12. The van der Waals surface area contributed by atoms with E-state index in [1.165, 1.54) is 0 Å². The summed E-state index contributed by atoms with van der Waals surface area (Å²) in [6.07, 6.45) is 5.62. The van der Waals surface area contributed by atoms with Crippen LogP contribution in [0.5, 0.6) is 0 Å². The monoisotopic (exact) mass is 310 g/mol. The summed E-state index contributed by atoms with van der Waals surface area (Å²) in [5.74, 6) is -0.338. The van der Waals surface area contributed by atoms with Gasteiger partial charge in [-0.2, -0.15) is 0 Å². The highest BCUT2D eigenvalue weighted by Crippen LogP contribution is 2.34. The number of hydrogen-bond donors (Lipinski definition) is 0. The molecule has 0 saturated heterocycles. The third-order valence-electron chi connectivity index (χ3n) is 3.55. The number of esters is 1. The molecule has 0 saturated carbocycles. The first-order valence-corrected chi connectivity index (χ1v) is 7.52. The van der Waals surface area contributed by atoms with Crippen LogP contribution < -0.4 is 0 Å². The molecule has 0 fully saturated rings. The van der Waals surface area contributed by atoms with E-state index in [0.717, 1.165) is 27.8 Å². The Bertz CT molecular complexity index is 788. The Morgan fingerprint density at radius 1 is 1.09 bits per heavy atom. The molecule has 0 N–H and O–H groups in total. The van der Waals surface area contributed by atoms with Crippen LogP contribution in [-0.2, 0) is 9.53 Å². The van der Waals surface area contributed by atoms with Gasteiger partial charge in [0.25, 0.3) is 0 Å². The maximum atomic E-state index is 12.0. The smallest absolute Gasteiger partial charge is 0.331 e. The molecule has 2 nitrogen and oxygen atoms in total. The number of fused-ring (bicyclic) bond motifs is 2. The minimum Gasteiger partial charge on any atom is -0.463 e. The van der Waals surface area contributed by atoms with Crippen LogP contribution in [0.4, 0.5) is 0 Å². The standard InChI is InChI=1S/C19H15ClO2/c1-2-22-19(21)12-18-16-6-4-3-5-13(16)7-8-14-11-15(20)9-10-17(14)18/h3-12H,2H2,1H3. The Balaban J connectivity index is 2.23. The molecule has 0 heterocycles. The fourth-order valence-electron chi connectivity index (χ4n) is 2.59. The Kier molecular flexibility index (Phi) is 4.12. The van der Waals surface area contributed by atoms with Crippen molar-refractivity contribution in [2.24, 2.45) is 0 Å². The molecule has 0 aliphatic heterocycles. The predicted octanol–water partition coefficient (Wildman–Crippen LogP) is 4.82. The van der Waals surface area contributed by atoms with E-state index in [-0.39, 0.29) is 5.97 Å². The first-order valence-electron chi connectivity index (χ1n) is 7.15. The molecule has 0 atom stereocenters. The molecule has 1 aliphatic rings. The first-order chi connectivity index (χ1) is 10.7. The van der Waals surface area contributed by atoms with Crippen molar-refractivity contribution in [2.45, 2.75) is 6.92 Å². The van der Waals surface area contributed by atoms with Crippen LogP contribution in [-0.4, -0.2) is 12.6 Å². The summed E-state index contributed by atoms with van der Waals surface area (Å²) in [6.45, 7) is 2.16.